The largest absolute Gasteiger partial charge is 0.497 e. The number of esters is 1. The molecule has 4 aromatic carbocycles. The van der Waals surface area contributed by atoms with Crippen LogP contribution in [-0.4, -0.2) is 85.3 Å². The van der Waals surface area contributed by atoms with E-state index < -0.39 is 46.5 Å². The quantitative estimate of drug-likeness (QED) is 0.0379. The van der Waals surface area contributed by atoms with Crippen LogP contribution in [0, 0.1) is 5.92 Å². The monoisotopic (exact) mass is 894 g/mol. The van der Waals surface area contributed by atoms with Crippen LogP contribution in [0.3, 0.4) is 0 Å². The van der Waals surface area contributed by atoms with E-state index in [0.29, 0.717) is 36.5 Å². The fraction of sp³-hybridized carbons (Fsp3) is 0.442. The van der Waals surface area contributed by atoms with Crippen molar-refractivity contribution in [3.63, 3.8) is 0 Å². The molecule has 0 aliphatic carbocycles. The number of hydrogen-bond donors (Lipinski definition) is 1. The van der Waals surface area contributed by atoms with Crippen molar-refractivity contribution in [2.45, 2.75) is 115 Å². The Labute approximate surface area is 378 Å². The SMILES string of the molecule is COCOc1cc(OC)cc(/C=C/C[C@@H]2OC(C)(C)O[C@@H]2C(O)/C=C\C(Cc2ccccc2)[C@H](C)O[Si](c2ccccc2)(c2ccccc2)C(C)(C)C)c1C(=O)OCC[Si](C)(C)C. The lowest BCUT2D eigenvalue weighted by molar-refractivity contribution is -0.152. The smallest absolute Gasteiger partial charge is 0.342 e. The first-order chi connectivity index (χ1) is 29.9. The third-order valence-electron chi connectivity index (χ3n) is 11.4. The summed E-state index contributed by atoms with van der Waals surface area (Å²) in [5.41, 5.74) is 2.02. The first-order valence-corrected chi connectivity index (χ1v) is 27.7. The van der Waals surface area contributed by atoms with E-state index in [1.54, 1.807) is 19.2 Å². The van der Waals surface area contributed by atoms with Gasteiger partial charge in [0.2, 0.25) is 0 Å². The van der Waals surface area contributed by atoms with Gasteiger partial charge in [0.1, 0.15) is 29.3 Å². The van der Waals surface area contributed by atoms with Gasteiger partial charge in [-0.3, -0.25) is 0 Å². The van der Waals surface area contributed by atoms with Crippen LogP contribution >= 0.6 is 0 Å². The molecule has 1 aliphatic heterocycles. The summed E-state index contributed by atoms with van der Waals surface area (Å²) in [6.07, 6.45) is 6.40. The molecular weight excluding hydrogens is 825 g/mol. The van der Waals surface area contributed by atoms with E-state index in [2.05, 4.69) is 138 Å². The van der Waals surface area contributed by atoms with Crippen LogP contribution in [0.4, 0.5) is 0 Å². The molecule has 1 heterocycles. The predicted molar refractivity (Wildman–Crippen MR) is 258 cm³/mol. The molecule has 4 aromatic rings. The molecule has 340 valence electrons. The van der Waals surface area contributed by atoms with Gasteiger partial charge in [0, 0.05) is 33.3 Å². The molecule has 0 spiro atoms. The van der Waals surface area contributed by atoms with Gasteiger partial charge in [-0.2, -0.15) is 0 Å². The van der Waals surface area contributed by atoms with Gasteiger partial charge in [-0.15, -0.1) is 0 Å². The number of rotatable bonds is 21. The summed E-state index contributed by atoms with van der Waals surface area (Å²) in [5, 5.41) is 14.2. The van der Waals surface area contributed by atoms with E-state index in [4.69, 9.17) is 32.8 Å². The second-order valence-electron chi connectivity index (χ2n) is 19.1. The maximum Gasteiger partial charge on any atom is 0.342 e. The fourth-order valence-electron chi connectivity index (χ4n) is 8.20. The van der Waals surface area contributed by atoms with E-state index in [1.165, 1.54) is 23.0 Å². The molecule has 5 rings (SSSR count). The second-order valence-corrected chi connectivity index (χ2v) is 29.0. The van der Waals surface area contributed by atoms with E-state index in [-0.39, 0.29) is 29.4 Å². The molecule has 63 heavy (non-hydrogen) atoms. The molecule has 0 bridgehead atoms. The molecular formula is C52H70O9Si2. The van der Waals surface area contributed by atoms with Gasteiger partial charge < -0.3 is 38.0 Å². The Kier molecular flexibility index (Phi) is 17.4. The Bertz CT molecular complexity index is 2050. The third kappa shape index (κ3) is 13.4. The second kappa shape index (κ2) is 22.0. The molecule has 0 aromatic heterocycles. The van der Waals surface area contributed by atoms with Gasteiger partial charge >= 0.3 is 5.97 Å². The van der Waals surface area contributed by atoms with Crippen molar-refractivity contribution < 1.29 is 42.7 Å². The van der Waals surface area contributed by atoms with Crippen LogP contribution in [-0.2, 0) is 29.8 Å². The standard InChI is InChI=1S/C52H70O9Si2/c1-38(61-63(51(2,3)4,43-25-17-13-18-26-43)44-27-19-14-20-28-44)40(34-39-22-15-12-16-23-39)30-31-45(53)49-46(59-52(5,6)60-49)29-21-24-41-35-42(56-8)36-47(58-37-55-7)48(41)50(54)57-32-33-62(9,10)11/h12-28,30-31,35-36,38,40,45-46,49,53H,29,32-34,37H2,1-11H3/b24-21+,31-30-/t38-,40?,45?,46-,49+/m0/s1. The molecule has 1 N–H and O–H groups in total. The molecule has 0 amide bonds. The Hall–Kier alpha value is -4.34. The third-order valence-corrected chi connectivity index (χ3v) is 18.3. The maximum atomic E-state index is 13.6. The van der Waals surface area contributed by atoms with Gasteiger partial charge in [-0.1, -0.05) is 156 Å². The highest BCUT2D eigenvalue weighted by molar-refractivity contribution is 6.99. The molecule has 0 radical (unpaired) electrons. The van der Waals surface area contributed by atoms with Crippen LogP contribution in [0.1, 0.15) is 69.4 Å². The average molecular weight is 895 g/mol. The van der Waals surface area contributed by atoms with Gasteiger partial charge in [-0.05, 0) is 72.3 Å². The number of carbonyl (C=O) groups excluding carboxylic acids is 1. The van der Waals surface area contributed by atoms with Crippen LogP contribution in [0.2, 0.25) is 30.7 Å². The lowest BCUT2D eigenvalue weighted by Gasteiger charge is -2.45. The highest BCUT2D eigenvalue weighted by atomic mass is 28.4. The Morgan fingerprint density at radius 1 is 0.873 bits per heavy atom. The minimum Gasteiger partial charge on any atom is -0.497 e. The molecule has 1 fully saturated rings. The highest BCUT2D eigenvalue weighted by Crippen LogP contribution is 2.39. The molecule has 0 saturated carbocycles. The maximum absolute atomic E-state index is 13.6. The van der Waals surface area contributed by atoms with E-state index >= 15 is 0 Å². The lowest BCUT2D eigenvalue weighted by atomic mass is 9.93. The number of hydrogen-bond acceptors (Lipinski definition) is 9. The first kappa shape index (κ1) is 49.7. The number of aliphatic hydroxyl groups is 1. The summed E-state index contributed by atoms with van der Waals surface area (Å²) in [5.74, 6) is -0.711. The normalized spacial score (nSPS) is 18.3. The van der Waals surface area contributed by atoms with Crippen LogP contribution in [0.5, 0.6) is 11.5 Å². The minimum absolute atomic E-state index is 0.0580. The summed E-state index contributed by atoms with van der Waals surface area (Å²) >= 11 is 0. The number of methoxy groups -OCH3 is 2. The van der Waals surface area contributed by atoms with Crippen LogP contribution in [0.15, 0.2) is 121 Å². The van der Waals surface area contributed by atoms with Crippen molar-refractivity contribution in [3.8, 4) is 11.5 Å². The average Bonchev–Trinajstić information content (AvgIpc) is 3.56. The number of carbonyl (C=O) groups is 1. The van der Waals surface area contributed by atoms with Gasteiger partial charge in [0.25, 0.3) is 8.32 Å². The molecule has 1 aliphatic rings. The van der Waals surface area contributed by atoms with Crippen molar-refractivity contribution in [2.24, 2.45) is 5.92 Å². The zero-order valence-electron chi connectivity index (χ0n) is 39.3. The Balaban J connectivity index is 1.44. The zero-order chi connectivity index (χ0) is 45.8. The molecule has 9 nitrogen and oxygen atoms in total. The van der Waals surface area contributed by atoms with Crippen molar-refractivity contribution in [1.82, 2.24) is 0 Å². The first-order valence-electron chi connectivity index (χ1n) is 22.1. The van der Waals surface area contributed by atoms with Gasteiger partial charge in [-0.25, -0.2) is 4.79 Å². The van der Waals surface area contributed by atoms with Crippen molar-refractivity contribution in [2.75, 3.05) is 27.6 Å². The van der Waals surface area contributed by atoms with Gasteiger partial charge in [0.15, 0.2) is 12.6 Å². The predicted octanol–water partition coefficient (Wildman–Crippen LogP) is 9.84. The summed E-state index contributed by atoms with van der Waals surface area (Å²) < 4.78 is 42.8. The molecule has 5 atom stereocenters. The molecule has 11 heteroatoms. The van der Waals surface area contributed by atoms with Gasteiger partial charge in [0.05, 0.1) is 19.8 Å². The van der Waals surface area contributed by atoms with Crippen LogP contribution < -0.4 is 19.8 Å². The molecule has 1 saturated heterocycles. The van der Waals surface area contributed by atoms with Crippen molar-refractivity contribution in [1.29, 1.82) is 0 Å². The lowest BCUT2D eigenvalue weighted by Crippen LogP contribution is -2.68. The van der Waals surface area contributed by atoms with Crippen LogP contribution in [0.25, 0.3) is 6.08 Å². The Morgan fingerprint density at radius 2 is 1.48 bits per heavy atom. The van der Waals surface area contributed by atoms with E-state index in [0.717, 1.165) is 6.04 Å². The summed E-state index contributed by atoms with van der Waals surface area (Å²) in [6.45, 7) is 19.7. The molecule has 2 unspecified atom stereocenters. The van der Waals surface area contributed by atoms with E-state index in [9.17, 15) is 9.90 Å². The fourth-order valence-corrected chi connectivity index (χ4v) is 13.7. The van der Waals surface area contributed by atoms with Crippen molar-refractivity contribution in [3.05, 3.63) is 138 Å². The minimum atomic E-state index is -2.89. The number of ether oxygens (including phenoxy) is 6. The number of aliphatic hydroxyl groups excluding tert-OH is 1. The Morgan fingerprint density at radius 3 is 2.03 bits per heavy atom. The van der Waals surface area contributed by atoms with Crippen molar-refractivity contribution >= 4 is 38.8 Å². The zero-order valence-corrected chi connectivity index (χ0v) is 41.3. The number of benzene rings is 4. The summed E-state index contributed by atoms with van der Waals surface area (Å²) in [7, 11) is -1.25. The van der Waals surface area contributed by atoms with E-state index in [1.807, 2.05) is 38.1 Å². The summed E-state index contributed by atoms with van der Waals surface area (Å²) in [6, 6.07) is 36.0. The highest BCUT2D eigenvalue weighted by Gasteiger charge is 2.51. The topological polar surface area (TPSA) is 102 Å². The summed E-state index contributed by atoms with van der Waals surface area (Å²) in [4.78, 5) is 13.6.